The average molecular weight is 196 g/mol. The van der Waals surface area contributed by atoms with Gasteiger partial charge in [-0.2, -0.15) is 8.78 Å². The van der Waals surface area contributed by atoms with Gasteiger partial charge in [0.2, 0.25) is 0 Å². The first kappa shape index (κ1) is 12.0. The molecule has 4 nitrogen and oxygen atoms in total. The Morgan fingerprint density at radius 3 is 2.23 bits per heavy atom. The van der Waals surface area contributed by atoms with Crippen molar-refractivity contribution in [3.05, 3.63) is 0 Å². The third-order valence-corrected chi connectivity index (χ3v) is 1.26. The van der Waals surface area contributed by atoms with Gasteiger partial charge in [0.05, 0.1) is 12.5 Å². The fraction of sp³-hybridized carbons (Fsp3) is 0.714. The molecule has 0 bridgehead atoms. The standard InChI is InChI=1S/C7H10F2O4/c1-4(10)2-5(11)3-7(8,9)6(12)13/h4,10H,2-3H2,1H3,(H,12,13). The average Bonchev–Trinajstić information content (AvgIpc) is 1.82. The summed E-state index contributed by atoms with van der Waals surface area (Å²) in [5.74, 6) is -7.33. The van der Waals surface area contributed by atoms with Crippen molar-refractivity contribution in [2.24, 2.45) is 0 Å². The van der Waals surface area contributed by atoms with Crippen LogP contribution in [0.1, 0.15) is 19.8 Å². The minimum Gasteiger partial charge on any atom is -0.477 e. The van der Waals surface area contributed by atoms with Crippen molar-refractivity contribution in [2.75, 3.05) is 0 Å². The van der Waals surface area contributed by atoms with Gasteiger partial charge in [-0.25, -0.2) is 4.79 Å². The van der Waals surface area contributed by atoms with E-state index in [0.717, 1.165) is 0 Å². The first-order valence-corrected chi connectivity index (χ1v) is 3.56. The van der Waals surface area contributed by atoms with Gasteiger partial charge in [-0.15, -0.1) is 0 Å². The summed E-state index contributed by atoms with van der Waals surface area (Å²) in [7, 11) is 0. The monoisotopic (exact) mass is 196 g/mol. The molecule has 0 aromatic heterocycles. The quantitative estimate of drug-likeness (QED) is 0.668. The Kier molecular flexibility index (Phi) is 3.93. The molecular formula is C7H10F2O4. The number of aliphatic hydroxyl groups excluding tert-OH is 1. The number of hydrogen-bond acceptors (Lipinski definition) is 3. The fourth-order valence-corrected chi connectivity index (χ4v) is 0.725. The lowest BCUT2D eigenvalue weighted by atomic mass is 10.1. The van der Waals surface area contributed by atoms with Crippen LogP contribution in [0.2, 0.25) is 0 Å². The minimum atomic E-state index is -4.04. The molecular weight excluding hydrogens is 186 g/mol. The van der Waals surface area contributed by atoms with Crippen molar-refractivity contribution in [1.29, 1.82) is 0 Å². The summed E-state index contributed by atoms with van der Waals surface area (Å²) in [6, 6.07) is 0. The lowest BCUT2D eigenvalue weighted by Gasteiger charge is -2.10. The zero-order chi connectivity index (χ0) is 10.6. The molecule has 1 unspecified atom stereocenters. The van der Waals surface area contributed by atoms with E-state index in [2.05, 4.69) is 0 Å². The zero-order valence-electron chi connectivity index (χ0n) is 6.96. The van der Waals surface area contributed by atoms with Crippen molar-refractivity contribution in [3.63, 3.8) is 0 Å². The van der Waals surface area contributed by atoms with Crippen molar-refractivity contribution >= 4 is 11.8 Å². The van der Waals surface area contributed by atoms with Crippen LogP contribution in [0.4, 0.5) is 8.78 Å². The number of carboxylic acid groups (broad SMARTS) is 1. The van der Waals surface area contributed by atoms with E-state index >= 15 is 0 Å². The lowest BCUT2D eigenvalue weighted by molar-refractivity contribution is -0.167. The highest BCUT2D eigenvalue weighted by molar-refractivity contribution is 5.86. The number of halogens is 2. The molecule has 0 spiro atoms. The van der Waals surface area contributed by atoms with E-state index in [1.807, 2.05) is 0 Å². The van der Waals surface area contributed by atoms with Crippen LogP contribution < -0.4 is 0 Å². The van der Waals surface area contributed by atoms with E-state index in [0.29, 0.717) is 0 Å². The predicted molar refractivity (Wildman–Crippen MR) is 38.5 cm³/mol. The Morgan fingerprint density at radius 1 is 1.46 bits per heavy atom. The van der Waals surface area contributed by atoms with Crippen LogP contribution in [0.5, 0.6) is 0 Å². The summed E-state index contributed by atoms with van der Waals surface area (Å²) in [4.78, 5) is 20.5. The molecule has 1 atom stereocenters. The second-order valence-corrected chi connectivity index (χ2v) is 2.78. The van der Waals surface area contributed by atoms with Gasteiger partial charge in [0, 0.05) is 6.42 Å². The predicted octanol–water partition coefficient (Wildman–Crippen LogP) is 0.436. The van der Waals surface area contributed by atoms with Gasteiger partial charge < -0.3 is 10.2 Å². The fourth-order valence-electron chi connectivity index (χ4n) is 0.725. The number of hydrogen-bond donors (Lipinski definition) is 2. The van der Waals surface area contributed by atoms with Gasteiger partial charge in [0.1, 0.15) is 5.78 Å². The van der Waals surface area contributed by atoms with Crippen molar-refractivity contribution < 1.29 is 28.6 Å². The van der Waals surface area contributed by atoms with Crippen LogP contribution >= 0.6 is 0 Å². The maximum atomic E-state index is 12.3. The van der Waals surface area contributed by atoms with Gasteiger partial charge in [-0.05, 0) is 6.92 Å². The number of aliphatic hydroxyl groups is 1. The minimum absolute atomic E-state index is 0.455. The Bertz CT molecular complexity index is 213. The van der Waals surface area contributed by atoms with Crippen LogP contribution in [-0.2, 0) is 9.59 Å². The maximum absolute atomic E-state index is 12.3. The highest BCUT2D eigenvalue weighted by Gasteiger charge is 2.40. The molecule has 0 fully saturated rings. The number of carbonyl (C=O) groups excluding carboxylic acids is 1. The molecule has 0 saturated heterocycles. The van der Waals surface area contributed by atoms with E-state index in [1.54, 1.807) is 0 Å². The van der Waals surface area contributed by atoms with Gasteiger partial charge in [-0.1, -0.05) is 0 Å². The van der Waals surface area contributed by atoms with E-state index in [9.17, 15) is 18.4 Å². The summed E-state index contributed by atoms with van der Waals surface area (Å²) < 4.78 is 24.7. The smallest absolute Gasteiger partial charge is 0.375 e. The molecule has 0 amide bonds. The summed E-state index contributed by atoms with van der Waals surface area (Å²) in [5.41, 5.74) is 0. The molecule has 0 radical (unpaired) electrons. The summed E-state index contributed by atoms with van der Waals surface area (Å²) in [5, 5.41) is 16.6. The molecule has 0 heterocycles. The number of alkyl halides is 2. The van der Waals surface area contributed by atoms with Crippen molar-refractivity contribution in [3.8, 4) is 0 Å². The Labute approximate surface area is 73.2 Å². The van der Waals surface area contributed by atoms with Gasteiger partial charge in [-0.3, -0.25) is 4.79 Å². The van der Waals surface area contributed by atoms with Crippen LogP contribution in [0.15, 0.2) is 0 Å². The molecule has 6 heteroatoms. The maximum Gasteiger partial charge on any atom is 0.375 e. The highest BCUT2D eigenvalue weighted by Crippen LogP contribution is 2.19. The molecule has 0 saturated carbocycles. The second-order valence-electron chi connectivity index (χ2n) is 2.78. The van der Waals surface area contributed by atoms with Gasteiger partial charge >= 0.3 is 11.9 Å². The summed E-state index contributed by atoms with van der Waals surface area (Å²) >= 11 is 0. The molecule has 0 aromatic rings. The van der Waals surface area contributed by atoms with Crippen molar-refractivity contribution in [1.82, 2.24) is 0 Å². The van der Waals surface area contributed by atoms with Gasteiger partial charge in [0.25, 0.3) is 0 Å². The van der Waals surface area contributed by atoms with E-state index in [4.69, 9.17) is 10.2 Å². The molecule has 0 aromatic carbocycles. The lowest BCUT2D eigenvalue weighted by Crippen LogP contribution is -2.31. The molecule has 0 rings (SSSR count). The van der Waals surface area contributed by atoms with E-state index < -0.39 is 36.6 Å². The topological polar surface area (TPSA) is 74.6 Å². The van der Waals surface area contributed by atoms with E-state index in [-0.39, 0.29) is 0 Å². The zero-order valence-corrected chi connectivity index (χ0v) is 6.96. The third-order valence-electron chi connectivity index (χ3n) is 1.26. The molecule has 0 aliphatic heterocycles. The van der Waals surface area contributed by atoms with Crippen LogP contribution in [0, 0.1) is 0 Å². The highest BCUT2D eigenvalue weighted by atomic mass is 19.3. The number of carboxylic acids is 1. The molecule has 0 aliphatic rings. The number of rotatable bonds is 5. The number of carbonyl (C=O) groups is 2. The van der Waals surface area contributed by atoms with Crippen LogP contribution in [0.25, 0.3) is 0 Å². The Morgan fingerprint density at radius 2 is 1.92 bits per heavy atom. The second kappa shape index (κ2) is 4.27. The Hall–Kier alpha value is -1.04. The first-order valence-electron chi connectivity index (χ1n) is 3.56. The summed E-state index contributed by atoms with van der Waals surface area (Å²) in [6.07, 6.45) is -2.85. The number of ketones is 1. The number of aliphatic carboxylic acids is 1. The SMILES string of the molecule is CC(O)CC(=O)CC(F)(F)C(=O)O. The number of Topliss-reactive ketones (excluding diaryl/α,β-unsaturated/α-hetero) is 1. The largest absolute Gasteiger partial charge is 0.477 e. The molecule has 2 N–H and O–H groups in total. The summed E-state index contributed by atoms with van der Waals surface area (Å²) in [6.45, 7) is 1.26. The normalized spacial score (nSPS) is 13.8. The molecule has 13 heavy (non-hydrogen) atoms. The Balaban J connectivity index is 4.12. The van der Waals surface area contributed by atoms with E-state index in [1.165, 1.54) is 6.92 Å². The van der Waals surface area contributed by atoms with Crippen LogP contribution in [0.3, 0.4) is 0 Å². The van der Waals surface area contributed by atoms with Crippen molar-refractivity contribution in [2.45, 2.75) is 31.8 Å². The third kappa shape index (κ3) is 4.51. The van der Waals surface area contributed by atoms with Crippen LogP contribution in [-0.4, -0.2) is 34.0 Å². The van der Waals surface area contributed by atoms with Gasteiger partial charge in [0.15, 0.2) is 0 Å². The molecule has 0 aliphatic carbocycles. The molecule has 76 valence electrons. The first-order chi connectivity index (χ1) is 5.75.